The molecule has 0 unspecified atom stereocenters. The van der Waals surface area contributed by atoms with Crippen LogP contribution in [0.15, 0.2) is 5.51 Å². The molecule has 2 aromatic heterocycles. The molecule has 0 radical (unpaired) electrons. The van der Waals surface area contributed by atoms with E-state index >= 15 is 0 Å². The molecule has 0 aliphatic rings. The molecule has 0 spiro atoms. The van der Waals surface area contributed by atoms with Crippen LogP contribution in [0, 0.1) is 0 Å². The smallest absolute Gasteiger partial charge is 0.183 e. The highest BCUT2D eigenvalue weighted by molar-refractivity contribution is 7.38. The van der Waals surface area contributed by atoms with Crippen molar-refractivity contribution < 1.29 is 0 Å². The van der Waals surface area contributed by atoms with Gasteiger partial charge in [0.15, 0.2) is 10.8 Å². The topological polar surface area (TPSA) is 51.8 Å². The van der Waals surface area contributed by atoms with Crippen molar-refractivity contribution in [1.82, 2.24) is 9.97 Å². The fraction of sp³-hybridized carbons (Fsp3) is 0. The van der Waals surface area contributed by atoms with Crippen molar-refractivity contribution in [3.8, 4) is 0 Å². The standard InChI is InChI=1S/C4H3N3S2/c5-4-7-2-3(9-4)8-1-6-2/h1H,(H2,5,7). The lowest BCUT2D eigenvalue weighted by Crippen LogP contribution is -1.79. The molecule has 2 aromatic rings. The predicted molar refractivity (Wildman–Crippen MR) is 39.7 cm³/mol. The van der Waals surface area contributed by atoms with Crippen LogP contribution in [0.3, 0.4) is 0 Å². The van der Waals surface area contributed by atoms with Gasteiger partial charge in [-0.2, -0.15) is 4.98 Å². The van der Waals surface area contributed by atoms with Gasteiger partial charge in [0.25, 0.3) is 0 Å². The Morgan fingerprint density at radius 2 is 2.44 bits per heavy atom. The molecule has 0 fully saturated rings. The zero-order chi connectivity index (χ0) is 6.27. The van der Waals surface area contributed by atoms with Gasteiger partial charge in [-0.1, -0.05) is 11.3 Å². The number of anilines is 1. The second-order valence-corrected chi connectivity index (χ2v) is 3.66. The molecule has 9 heavy (non-hydrogen) atoms. The molecule has 0 aromatic carbocycles. The Morgan fingerprint density at radius 3 is 3.22 bits per heavy atom. The van der Waals surface area contributed by atoms with E-state index in [1.807, 2.05) is 0 Å². The summed E-state index contributed by atoms with van der Waals surface area (Å²) in [6, 6.07) is 0. The van der Waals surface area contributed by atoms with Crippen molar-refractivity contribution in [2.24, 2.45) is 0 Å². The van der Waals surface area contributed by atoms with Gasteiger partial charge < -0.3 is 5.73 Å². The molecule has 2 rings (SSSR count). The van der Waals surface area contributed by atoms with Crippen LogP contribution in [-0.2, 0) is 0 Å². The maximum absolute atomic E-state index is 5.41. The first kappa shape index (κ1) is 5.13. The van der Waals surface area contributed by atoms with Gasteiger partial charge in [0.1, 0.15) is 4.01 Å². The van der Waals surface area contributed by atoms with Gasteiger partial charge in [-0.25, -0.2) is 4.98 Å². The third kappa shape index (κ3) is 0.691. The summed E-state index contributed by atoms with van der Waals surface area (Å²) in [5.74, 6) is 0. The monoisotopic (exact) mass is 157 g/mol. The first-order valence-electron chi connectivity index (χ1n) is 2.32. The van der Waals surface area contributed by atoms with E-state index in [1.165, 1.54) is 11.3 Å². The van der Waals surface area contributed by atoms with E-state index in [-0.39, 0.29) is 0 Å². The fourth-order valence-electron chi connectivity index (χ4n) is 0.596. The van der Waals surface area contributed by atoms with E-state index in [9.17, 15) is 0 Å². The van der Waals surface area contributed by atoms with Gasteiger partial charge in [0.05, 0.1) is 5.51 Å². The molecule has 0 aliphatic heterocycles. The quantitative estimate of drug-likeness (QED) is 0.627. The molecule has 2 N–H and O–H groups in total. The van der Waals surface area contributed by atoms with Crippen LogP contribution in [0.5, 0.6) is 0 Å². The summed E-state index contributed by atoms with van der Waals surface area (Å²) in [5.41, 5.74) is 7.96. The molecule has 0 saturated heterocycles. The van der Waals surface area contributed by atoms with Crippen LogP contribution < -0.4 is 5.73 Å². The highest BCUT2D eigenvalue weighted by atomic mass is 32.2. The van der Waals surface area contributed by atoms with Gasteiger partial charge in [0.2, 0.25) is 0 Å². The number of nitrogens with two attached hydrogens (primary N) is 1. The summed E-state index contributed by atoms with van der Waals surface area (Å²) in [4.78, 5) is 7.95. The Labute approximate surface area is 59.2 Å². The molecular formula is C4H3N3S2. The summed E-state index contributed by atoms with van der Waals surface area (Å²) in [6.07, 6.45) is 0. The van der Waals surface area contributed by atoms with Gasteiger partial charge in [-0.05, 0) is 0 Å². The Hall–Kier alpha value is -0.680. The Bertz CT molecular complexity index is 295. The molecular weight excluding hydrogens is 154 g/mol. The SMILES string of the molecule is Nc1nc2ncsc2s1. The molecule has 46 valence electrons. The highest BCUT2D eigenvalue weighted by Crippen LogP contribution is 2.25. The second kappa shape index (κ2) is 1.65. The first-order valence-corrected chi connectivity index (χ1v) is 4.01. The lowest BCUT2D eigenvalue weighted by Gasteiger charge is -1.70. The van der Waals surface area contributed by atoms with Crippen LogP contribution in [0.4, 0.5) is 5.13 Å². The van der Waals surface area contributed by atoms with E-state index in [0.717, 1.165) is 9.66 Å². The average Bonchev–Trinajstić information content (AvgIpc) is 2.22. The van der Waals surface area contributed by atoms with Gasteiger partial charge in [0, 0.05) is 0 Å². The van der Waals surface area contributed by atoms with Crippen molar-refractivity contribution in [2.45, 2.75) is 0 Å². The Balaban J connectivity index is 2.92. The van der Waals surface area contributed by atoms with Crippen LogP contribution >= 0.6 is 22.7 Å². The molecule has 0 bridgehead atoms. The van der Waals surface area contributed by atoms with Crippen molar-refractivity contribution in [2.75, 3.05) is 5.73 Å². The summed E-state index contributed by atoms with van der Waals surface area (Å²) >= 11 is 3.05. The minimum Gasteiger partial charge on any atom is -0.375 e. The molecule has 5 heteroatoms. The van der Waals surface area contributed by atoms with Crippen LogP contribution in [0.25, 0.3) is 9.66 Å². The van der Waals surface area contributed by atoms with Crippen molar-refractivity contribution in [1.29, 1.82) is 0 Å². The number of rotatable bonds is 0. The maximum atomic E-state index is 5.41. The number of fused-ring (bicyclic) bond motifs is 1. The third-order valence-electron chi connectivity index (χ3n) is 0.931. The Morgan fingerprint density at radius 1 is 1.56 bits per heavy atom. The number of nitrogens with zero attached hydrogens (tertiary/aromatic N) is 2. The van der Waals surface area contributed by atoms with E-state index in [4.69, 9.17) is 5.73 Å². The second-order valence-electron chi connectivity index (χ2n) is 1.52. The largest absolute Gasteiger partial charge is 0.375 e. The minimum atomic E-state index is 0.601. The number of hydrogen-bond donors (Lipinski definition) is 1. The van der Waals surface area contributed by atoms with E-state index < -0.39 is 0 Å². The molecule has 0 aliphatic carbocycles. The summed E-state index contributed by atoms with van der Waals surface area (Å²) in [6.45, 7) is 0. The number of aromatic nitrogens is 2. The van der Waals surface area contributed by atoms with Crippen molar-refractivity contribution in [3.63, 3.8) is 0 Å². The minimum absolute atomic E-state index is 0.601. The normalized spacial score (nSPS) is 10.7. The fourth-order valence-corrected chi connectivity index (χ4v) is 2.14. The summed E-state index contributed by atoms with van der Waals surface area (Å²) in [7, 11) is 0. The average molecular weight is 157 g/mol. The van der Waals surface area contributed by atoms with Gasteiger partial charge in [-0.15, -0.1) is 11.3 Å². The molecule has 0 atom stereocenters. The number of thiazole rings is 2. The zero-order valence-corrected chi connectivity index (χ0v) is 6.00. The predicted octanol–water partition coefficient (Wildman–Crippen LogP) is 1.33. The molecule has 2 heterocycles. The lowest BCUT2D eigenvalue weighted by molar-refractivity contribution is 1.37. The van der Waals surface area contributed by atoms with Crippen LogP contribution in [0.1, 0.15) is 0 Å². The van der Waals surface area contributed by atoms with Crippen molar-refractivity contribution >= 4 is 37.5 Å². The maximum Gasteiger partial charge on any atom is 0.183 e. The van der Waals surface area contributed by atoms with E-state index in [2.05, 4.69) is 9.97 Å². The summed E-state index contributed by atoms with van der Waals surface area (Å²) in [5, 5.41) is 0.601. The number of nitrogen functional groups attached to an aromatic ring is 1. The van der Waals surface area contributed by atoms with Gasteiger partial charge >= 0.3 is 0 Å². The number of hydrogen-bond acceptors (Lipinski definition) is 5. The molecule has 0 amide bonds. The Kier molecular flexibility index (Phi) is 0.940. The van der Waals surface area contributed by atoms with E-state index in [0.29, 0.717) is 5.13 Å². The highest BCUT2D eigenvalue weighted by Gasteiger charge is 2.00. The molecule has 3 nitrogen and oxygen atoms in total. The zero-order valence-electron chi connectivity index (χ0n) is 4.37. The first-order chi connectivity index (χ1) is 4.36. The van der Waals surface area contributed by atoms with Crippen LogP contribution in [-0.4, -0.2) is 9.97 Å². The third-order valence-corrected chi connectivity index (χ3v) is 2.75. The summed E-state index contributed by atoms with van der Waals surface area (Å²) < 4.78 is 1.10. The van der Waals surface area contributed by atoms with Gasteiger partial charge in [-0.3, -0.25) is 0 Å². The van der Waals surface area contributed by atoms with Crippen LogP contribution in [0.2, 0.25) is 0 Å². The van der Waals surface area contributed by atoms with E-state index in [1.54, 1.807) is 16.8 Å². The van der Waals surface area contributed by atoms with Crippen molar-refractivity contribution in [3.05, 3.63) is 5.51 Å². The molecule has 0 saturated carbocycles. The lowest BCUT2D eigenvalue weighted by atomic mass is 10.9.